The van der Waals surface area contributed by atoms with Crippen LogP contribution in [0, 0.1) is 5.92 Å². The molecule has 1 atom stereocenters. The molecule has 0 unspecified atom stereocenters. The predicted molar refractivity (Wildman–Crippen MR) is 108 cm³/mol. The molecule has 28 heavy (non-hydrogen) atoms. The van der Waals surface area contributed by atoms with Crippen molar-refractivity contribution in [3.05, 3.63) is 64.7 Å². The van der Waals surface area contributed by atoms with E-state index in [1.807, 2.05) is 6.92 Å². The standard InChI is InChI=1S/C23H24N2O3/c1-14-9-11-25(12-10-14)15(2)23(28)24-16-7-8-19-20(13-16)22(27)18-6-4-3-5-17(18)21(19)26/h3-8,13-15H,9-12H2,1-2H3,(H,24,28)/t15-/m1/s1. The lowest BCUT2D eigenvalue weighted by Crippen LogP contribution is -2.45. The molecular weight excluding hydrogens is 352 g/mol. The highest BCUT2D eigenvalue weighted by Gasteiger charge is 2.30. The van der Waals surface area contributed by atoms with Gasteiger partial charge >= 0.3 is 0 Å². The molecular formula is C23H24N2O3. The van der Waals surface area contributed by atoms with Gasteiger partial charge in [0, 0.05) is 27.9 Å². The number of carbonyl (C=O) groups excluding carboxylic acids is 3. The maximum absolute atomic E-state index is 12.8. The van der Waals surface area contributed by atoms with E-state index < -0.39 is 0 Å². The molecule has 0 aromatic heterocycles. The van der Waals surface area contributed by atoms with Crippen LogP contribution in [0.25, 0.3) is 0 Å². The van der Waals surface area contributed by atoms with Gasteiger partial charge in [0.25, 0.3) is 0 Å². The molecule has 5 heteroatoms. The molecule has 0 bridgehead atoms. The Labute approximate surface area is 164 Å². The molecule has 2 aromatic rings. The molecule has 0 spiro atoms. The molecule has 0 saturated carbocycles. The van der Waals surface area contributed by atoms with Gasteiger partial charge < -0.3 is 5.32 Å². The average molecular weight is 376 g/mol. The molecule has 1 N–H and O–H groups in total. The first-order valence-corrected chi connectivity index (χ1v) is 9.83. The van der Waals surface area contributed by atoms with E-state index in [-0.39, 0.29) is 23.5 Å². The first-order valence-electron chi connectivity index (χ1n) is 9.83. The third-order valence-corrected chi connectivity index (χ3v) is 5.94. The van der Waals surface area contributed by atoms with Crippen LogP contribution in [0.4, 0.5) is 5.69 Å². The van der Waals surface area contributed by atoms with Gasteiger partial charge in [0.2, 0.25) is 5.91 Å². The second kappa shape index (κ2) is 7.32. The van der Waals surface area contributed by atoms with Crippen molar-refractivity contribution in [3.8, 4) is 0 Å². The number of benzene rings is 2. The highest BCUT2D eigenvalue weighted by molar-refractivity contribution is 6.28. The lowest BCUT2D eigenvalue weighted by atomic mass is 9.84. The summed E-state index contributed by atoms with van der Waals surface area (Å²) >= 11 is 0. The first-order chi connectivity index (χ1) is 13.5. The number of amides is 1. The topological polar surface area (TPSA) is 66.5 Å². The van der Waals surface area contributed by atoms with Gasteiger partial charge in [-0.3, -0.25) is 19.3 Å². The van der Waals surface area contributed by atoms with Crippen molar-refractivity contribution in [2.24, 2.45) is 5.92 Å². The average Bonchev–Trinajstić information content (AvgIpc) is 2.72. The van der Waals surface area contributed by atoms with Crippen molar-refractivity contribution in [2.75, 3.05) is 18.4 Å². The minimum Gasteiger partial charge on any atom is -0.325 e. The minimum atomic E-state index is -0.235. The number of hydrogen-bond acceptors (Lipinski definition) is 4. The summed E-state index contributed by atoms with van der Waals surface area (Å²) in [5.41, 5.74) is 2.13. The molecule has 144 valence electrons. The Morgan fingerprint density at radius 3 is 2.18 bits per heavy atom. The van der Waals surface area contributed by atoms with E-state index in [2.05, 4.69) is 17.1 Å². The Bertz CT molecular complexity index is 958. The molecule has 2 aliphatic rings. The van der Waals surface area contributed by atoms with Crippen LogP contribution in [0.15, 0.2) is 42.5 Å². The number of piperidine rings is 1. The van der Waals surface area contributed by atoms with Crippen molar-refractivity contribution < 1.29 is 14.4 Å². The van der Waals surface area contributed by atoms with Crippen molar-refractivity contribution >= 4 is 23.2 Å². The molecule has 0 radical (unpaired) electrons. The number of nitrogens with one attached hydrogen (secondary N) is 1. The summed E-state index contributed by atoms with van der Waals surface area (Å²) in [6, 6.07) is 11.6. The van der Waals surface area contributed by atoms with Gasteiger partial charge in [0.15, 0.2) is 11.6 Å². The van der Waals surface area contributed by atoms with Gasteiger partial charge in [-0.25, -0.2) is 0 Å². The van der Waals surface area contributed by atoms with Crippen molar-refractivity contribution in [1.82, 2.24) is 4.90 Å². The van der Waals surface area contributed by atoms with Crippen LogP contribution in [0.3, 0.4) is 0 Å². The number of rotatable bonds is 3. The number of anilines is 1. The molecule has 1 saturated heterocycles. The molecule has 1 aliphatic carbocycles. The Hall–Kier alpha value is -2.79. The fourth-order valence-electron chi connectivity index (χ4n) is 4.01. The fourth-order valence-corrected chi connectivity index (χ4v) is 4.01. The van der Waals surface area contributed by atoms with Gasteiger partial charge in [0.05, 0.1) is 6.04 Å². The van der Waals surface area contributed by atoms with Crippen LogP contribution in [0.5, 0.6) is 0 Å². The van der Waals surface area contributed by atoms with Crippen molar-refractivity contribution in [2.45, 2.75) is 32.7 Å². The van der Waals surface area contributed by atoms with E-state index in [9.17, 15) is 14.4 Å². The highest BCUT2D eigenvalue weighted by atomic mass is 16.2. The van der Waals surface area contributed by atoms with Gasteiger partial charge in [-0.2, -0.15) is 0 Å². The van der Waals surface area contributed by atoms with Crippen LogP contribution < -0.4 is 5.32 Å². The number of carbonyl (C=O) groups is 3. The summed E-state index contributed by atoms with van der Waals surface area (Å²) in [5.74, 6) is 0.279. The summed E-state index contributed by atoms with van der Waals surface area (Å²) in [6.07, 6.45) is 2.21. The van der Waals surface area contributed by atoms with Crippen LogP contribution in [-0.2, 0) is 4.79 Å². The molecule has 4 rings (SSSR count). The zero-order chi connectivity index (χ0) is 19.8. The summed E-state index contributed by atoms with van der Waals surface area (Å²) in [5, 5.41) is 2.92. The normalized spacial score (nSPS) is 18.4. The summed E-state index contributed by atoms with van der Waals surface area (Å²) < 4.78 is 0. The second-order valence-corrected chi connectivity index (χ2v) is 7.85. The summed E-state index contributed by atoms with van der Waals surface area (Å²) in [6.45, 7) is 5.99. The molecule has 2 aromatic carbocycles. The Morgan fingerprint density at radius 2 is 1.54 bits per heavy atom. The molecule has 1 amide bonds. The SMILES string of the molecule is CC1CCN([C@H](C)C(=O)Nc2ccc3c(c2)C(=O)c2ccccc2C3=O)CC1. The molecule has 5 nitrogen and oxygen atoms in total. The molecule has 1 fully saturated rings. The largest absolute Gasteiger partial charge is 0.325 e. The van der Waals surface area contributed by atoms with Crippen LogP contribution >= 0.6 is 0 Å². The molecule has 1 aliphatic heterocycles. The van der Waals surface area contributed by atoms with Crippen LogP contribution in [0.2, 0.25) is 0 Å². The van der Waals surface area contributed by atoms with E-state index in [1.54, 1.807) is 42.5 Å². The monoisotopic (exact) mass is 376 g/mol. The van der Waals surface area contributed by atoms with E-state index in [1.165, 1.54) is 0 Å². The van der Waals surface area contributed by atoms with E-state index in [0.29, 0.717) is 33.9 Å². The van der Waals surface area contributed by atoms with Crippen LogP contribution in [-0.4, -0.2) is 41.5 Å². The smallest absolute Gasteiger partial charge is 0.241 e. The second-order valence-electron chi connectivity index (χ2n) is 7.85. The van der Waals surface area contributed by atoms with Gasteiger partial charge in [-0.1, -0.05) is 31.2 Å². The first kappa shape index (κ1) is 18.6. The number of ketones is 2. The molecule has 1 heterocycles. The van der Waals surface area contributed by atoms with Gasteiger partial charge in [0.1, 0.15) is 0 Å². The van der Waals surface area contributed by atoms with E-state index in [0.717, 1.165) is 25.9 Å². The number of nitrogens with zero attached hydrogens (tertiary/aromatic N) is 1. The highest BCUT2D eigenvalue weighted by Crippen LogP contribution is 2.29. The van der Waals surface area contributed by atoms with Crippen molar-refractivity contribution in [3.63, 3.8) is 0 Å². The van der Waals surface area contributed by atoms with E-state index >= 15 is 0 Å². The lowest BCUT2D eigenvalue weighted by molar-refractivity contribution is -0.121. The Kier molecular flexibility index (Phi) is 4.85. The maximum atomic E-state index is 12.8. The van der Waals surface area contributed by atoms with Gasteiger partial charge in [-0.05, 0) is 57.0 Å². The zero-order valence-electron chi connectivity index (χ0n) is 16.2. The fraction of sp³-hybridized carbons (Fsp3) is 0.348. The third-order valence-electron chi connectivity index (χ3n) is 5.94. The minimum absolute atomic E-state index is 0.0931. The van der Waals surface area contributed by atoms with Crippen molar-refractivity contribution in [1.29, 1.82) is 0 Å². The summed E-state index contributed by atoms with van der Waals surface area (Å²) in [4.78, 5) is 40.4. The van der Waals surface area contributed by atoms with Crippen LogP contribution in [0.1, 0.15) is 58.5 Å². The van der Waals surface area contributed by atoms with E-state index in [4.69, 9.17) is 0 Å². The predicted octanol–water partition coefficient (Wildman–Crippen LogP) is 3.52. The zero-order valence-corrected chi connectivity index (χ0v) is 16.2. The Balaban J connectivity index is 1.54. The number of likely N-dealkylation sites (tertiary alicyclic amines) is 1. The quantitative estimate of drug-likeness (QED) is 0.760. The third kappa shape index (κ3) is 3.27. The Morgan fingerprint density at radius 1 is 0.964 bits per heavy atom. The maximum Gasteiger partial charge on any atom is 0.241 e. The lowest BCUT2D eigenvalue weighted by Gasteiger charge is -2.34. The summed E-state index contributed by atoms with van der Waals surface area (Å²) in [7, 11) is 0. The number of hydrogen-bond donors (Lipinski definition) is 1. The van der Waals surface area contributed by atoms with Gasteiger partial charge in [-0.15, -0.1) is 0 Å². The number of fused-ring (bicyclic) bond motifs is 2.